The van der Waals surface area contributed by atoms with E-state index in [1.165, 1.54) is 0 Å². The Bertz CT molecular complexity index is 582. The van der Waals surface area contributed by atoms with Crippen LogP contribution in [-0.2, 0) is 21.4 Å². The molecule has 0 fully saturated rings. The van der Waals surface area contributed by atoms with E-state index in [1.807, 2.05) is 22.6 Å². The summed E-state index contributed by atoms with van der Waals surface area (Å²) in [6.45, 7) is 3.46. The zero-order chi connectivity index (χ0) is 15.9. The lowest BCUT2D eigenvalue weighted by Gasteiger charge is -2.10. The smallest absolute Gasteiger partial charge is 0.240 e. The second-order valence-corrected chi connectivity index (χ2v) is 6.94. The van der Waals surface area contributed by atoms with E-state index in [9.17, 15) is 13.2 Å². The molecule has 0 radical (unpaired) electrons. The largest absolute Gasteiger partial charge is 0.366 e. The number of hydrogen-bond donors (Lipinski definition) is 3. The average Bonchev–Trinajstić information content (AvgIpc) is 2.33. The molecule has 1 aromatic carbocycles. The Balaban J connectivity index is 0.000000621. The van der Waals surface area contributed by atoms with E-state index in [-0.39, 0.29) is 0 Å². The molecule has 9 heteroatoms. The first-order valence-corrected chi connectivity index (χ1v) is 8.53. The van der Waals surface area contributed by atoms with Gasteiger partial charge >= 0.3 is 0 Å². The molecule has 5 N–H and O–H groups in total. The van der Waals surface area contributed by atoms with Crippen LogP contribution >= 0.6 is 34.2 Å². The Morgan fingerprint density at radius 1 is 1.55 bits per heavy atom. The minimum Gasteiger partial charge on any atom is -0.366 e. The Morgan fingerprint density at radius 2 is 2.05 bits per heavy atom. The number of primary amides is 1. The molecule has 0 heterocycles. The number of benzene rings is 1. The molecule has 6 nitrogen and oxygen atoms in total. The number of halogens is 2. The van der Waals surface area contributed by atoms with Crippen LogP contribution in [0.1, 0.15) is 5.56 Å². The summed E-state index contributed by atoms with van der Waals surface area (Å²) in [7, 11) is -3.31. The van der Waals surface area contributed by atoms with Gasteiger partial charge in [0, 0.05) is 10.1 Å². The van der Waals surface area contributed by atoms with Crippen molar-refractivity contribution in [1.29, 1.82) is 0 Å². The van der Waals surface area contributed by atoms with Crippen molar-refractivity contribution in [3.63, 3.8) is 0 Å². The third kappa shape index (κ3) is 7.68. The monoisotopic (exact) mass is 431 g/mol. The van der Waals surface area contributed by atoms with Gasteiger partial charge in [-0.3, -0.25) is 9.52 Å². The molecule has 0 spiro atoms. The van der Waals surface area contributed by atoms with Crippen LogP contribution in [0.4, 0.5) is 5.69 Å². The van der Waals surface area contributed by atoms with Crippen molar-refractivity contribution in [3.8, 4) is 0 Å². The Hall–Kier alpha value is -0.840. The van der Waals surface area contributed by atoms with Crippen molar-refractivity contribution in [2.75, 3.05) is 11.0 Å². The van der Waals surface area contributed by atoms with Crippen LogP contribution in [0.5, 0.6) is 0 Å². The van der Waals surface area contributed by atoms with Crippen LogP contribution in [0.15, 0.2) is 24.8 Å². The fourth-order valence-electron chi connectivity index (χ4n) is 1.03. The molecule has 20 heavy (non-hydrogen) atoms. The lowest BCUT2D eigenvalue weighted by atomic mass is 10.2. The molecule has 0 aromatic heterocycles. The first-order valence-electron chi connectivity index (χ1n) is 5.18. The van der Waals surface area contributed by atoms with E-state index >= 15 is 0 Å². The molecule has 0 aliphatic carbocycles. The van der Waals surface area contributed by atoms with Crippen LogP contribution < -0.4 is 16.2 Å². The van der Waals surface area contributed by atoms with Crippen LogP contribution in [-0.4, -0.2) is 20.6 Å². The highest BCUT2D eigenvalue weighted by Gasteiger charge is 2.11. The van der Waals surface area contributed by atoms with Crippen molar-refractivity contribution in [2.45, 2.75) is 6.54 Å². The number of sulfonamides is 1. The molecule has 0 atom stereocenters. The lowest BCUT2D eigenvalue weighted by Crippen LogP contribution is -2.11. The fourth-order valence-corrected chi connectivity index (χ4v) is 3.13. The number of rotatable bonds is 4. The predicted molar refractivity (Wildman–Crippen MR) is 89.9 cm³/mol. The Kier molecular flexibility index (Phi) is 8.09. The lowest BCUT2D eigenvalue weighted by molar-refractivity contribution is -0.113. The summed E-state index contributed by atoms with van der Waals surface area (Å²) < 4.78 is 25.2. The first-order chi connectivity index (χ1) is 9.10. The fraction of sp³-hybridized carbons (Fsp3) is 0.182. The minimum absolute atomic E-state index is 0.354. The number of hydrogen-bond acceptors (Lipinski definition) is 4. The van der Waals surface area contributed by atoms with Gasteiger partial charge in [-0.25, -0.2) is 8.42 Å². The molecule has 112 valence electrons. The van der Waals surface area contributed by atoms with Crippen LogP contribution in [0.3, 0.4) is 0 Å². The van der Waals surface area contributed by atoms with Gasteiger partial charge < -0.3 is 11.5 Å². The topological polar surface area (TPSA) is 115 Å². The summed E-state index contributed by atoms with van der Waals surface area (Å²) in [6, 6.07) is 3.44. The maximum atomic E-state index is 11.1. The normalized spacial score (nSPS) is 10.2. The second-order valence-electron chi connectivity index (χ2n) is 3.62. The summed E-state index contributed by atoms with van der Waals surface area (Å²) in [5, 5.41) is 0.354. The number of carbonyl (C=O) groups is 1. The molecule has 1 amide bonds. The summed E-state index contributed by atoms with van der Waals surface area (Å²) in [4.78, 5) is 9.47. The van der Waals surface area contributed by atoms with Gasteiger partial charge in [-0.1, -0.05) is 18.2 Å². The molecule has 0 bridgehead atoms. The zero-order valence-corrected chi connectivity index (χ0v) is 14.4. The van der Waals surface area contributed by atoms with Crippen LogP contribution in [0.2, 0.25) is 5.02 Å². The molecule has 0 saturated carbocycles. The third-order valence-electron chi connectivity index (χ3n) is 1.83. The van der Waals surface area contributed by atoms with Gasteiger partial charge in [0.1, 0.15) is 0 Å². The SMILES string of the molecule is C=CC(N)=O.CS(=O)(=O)Nc1c(Cl)cc(CN)cc1I. The first kappa shape index (κ1) is 19.2. The van der Waals surface area contributed by atoms with Gasteiger partial charge in [-0.05, 0) is 46.4 Å². The van der Waals surface area contributed by atoms with Gasteiger partial charge in [0.2, 0.25) is 15.9 Å². The molecule has 1 aromatic rings. The van der Waals surface area contributed by atoms with Crippen molar-refractivity contribution in [2.24, 2.45) is 11.5 Å². The number of carbonyl (C=O) groups excluding carboxylic acids is 1. The number of anilines is 1. The van der Waals surface area contributed by atoms with Gasteiger partial charge in [-0.15, -0.1) is 0 Å². The van der Waals surface area contributed by atoms with Gasteiger partial charge in [0.05, 0.1) is 17.0 Å². The Labute approximate surface area is 136 Å². The highest BCUT2D eigenvalue weighted by Crippen LogP contribution is 2.29. The van der Waals surface area contributed by atoms with E-state index in [0.29, 0.717) is 17.3 Å². The maximum Gasteiger partial charge on any atom is 0.240 e. The second kappa shape index (κ2) is 8.45. The molecule has 0 aliphatic heterocycles. The minimum atomic E-state index is -3.31. The van der Waals surface area contributed by atoms with Gasteiger partial charge in [-0.2, -0.15) is 0 Å². The van der Waals surface area contributed by atoms with Crippen molar-refractivity contribution < 1.29 is 13.2 Å². The van der Waals surface area contributed by atoms with Gasteiger partial charge in [0.15, 0.2) is 0 Å². The average molecular weight is 432 g/mol. The standard InChI is InChI=1S/C8H10ClIN2O2S.C3H5NO/c1-15(13,14)12-8-6(9)2-5(4-11)3-7(8)10;1-2-3(4)5/h2-3,12H,4,11H2,1H3;2H,1H2,(H2,4,5). The van der Waals surface area contributed by atoms with Crippen molar-refractivity contribution in [3.05, 3.63) is 38.9 Å². The molecule has 0 unspecified atom stereocenters. The zero-order valence-electron chi connectivity index (χ0n) is 10.7. The van der Waals surface area contributed by atoms with E-state index in [0.717, 1.165) is 21.5 Å². The van der Waals surface area contributed by atoms with Gasteiger partial charge in [0.25, 0.3) is 0 Å². The summed E-state index contributed by atoms with van der Waals surface area (Å²) in [5.74, 6) is -0.481. The summed E-state index contributed by atoms with van der Waals surface area (Å²) >= 11 is 7.94. The van der Waals surface area contributed by atoms with E-state index in [1.54, 1.807) is 12.1 Å². The third-order valence-corrected chi connectivity index (χ3v) is 3.55. The molecular weight excluding hydrogens is 417 g/mol. The van der Waals surface area contributed by atoms with E-state index in [4.69, 9.17) is 17.3 Å². The Morgan fingerprint density at radius 3 is 2.35 bits per heavy atom. The molecule has 0 saturated heterocycles. The number of nitrogens with two attached hydrogens (primary N) is 2. The maximum absolute atomic E-state index is 11.1. The van der Waals surface area contributed by atoms with Crippen molar-refractivity contribution >= 4 is 55.8 Å². The molecule has 1 rings (SSSR count). The predicted octanol–water partition coefficient (Wildman–Crippen LogP) is 1.43. The van der Waals surface area contributed by atoms with E-state index in [2.05, 4.69) is 17.0 Å². The number of amides is 1. The summed E-state index contributed by atoms with van der Waals surface area (Å²) in [6.07, 6.45) is 2.14. The highest BCUT2D eigenvalue weighted by atomic mass is 127. The highest BCUT2D eigenvalue weighted by molar-refractivity contribution is 14.1. The van der Waals surface area contributed by atoms with Crippen molar-refractivity contribution in [1.82, 2.24) is 0 Å². The van der Waals surface area contributed by atoms with Crippen LogP contribution in [0, 0.1) is 3.57 Å². The van der Waals surface area contributed by atoms with Crippen LogP contribution in [0.25, 0.3) is 0 Å². The van der Waals surface area contributed by atoms with E-state index < -0.39 is 15.9 Å². The number of nitrogens with one attached hydrogen (secondary N) is 1. The summed E-state index contributed by atoms with van der Waals surface area (Å²) in [5.41, 5.74) is 11.3. The molecular formula is C11H15ClIN3O3S. The quantitative estimate of drug-likeness (QED) is 0.494. The molecule has 0 aliphatic rings.